The van der Waals surface area contributed by atoms with Gasteiger partial charge in [-0.3, -0.25) is 9.59 Å². The lowest BCUT2D eigenvalue weighted by atomic mass is 9.96. The summed E-state index contributed by atoms with van der Waals surface area (Å²) in [7, 11) is 1.33. The van der Waals surface area contributed by atoms with Crippen molar-refractivity contribution in [3.8, 4) is 0 Å². The quantitative estimate of drug-likeness (QED) is 0.492. The van der Waals surface area contributed by atoms with Crippen LogP contribution in [-0.4, -0.2) is 55.0 Å². The molecule has 0 fully saturated rings. The molecule has 2 heterocycles. The number of methoxy groups -OCH3 is 1. The van der Waals surface area contributed by atoms with Crippen molar-refractivity contribution in [3.63, 3.8) is 0 Å². The molecule has 0 aliphatic carbocycles. The number of amides is 1. The molecule has 1 atom stereocenters. The molecule has 1 aromatic heterocycles. The number of carbonyl (C=O) groups excluding carboxylic acids is 2. The van der Waals surface area contributed by atoms with E-state index in [2.05, 4.69) is 18.7 Å². The molecule has 4 rings (SSSR count). The van der Waals surface area contributed by atoms with Gasteiger partial charge >= 0.3 is 5.97 Å². The van der Waals surface area contributed by atoms with Gasteiger partial charge in [-0.05, 0) is 67.9 Å². The molecule has 3 aromatic rings. The molecule has 1 aliphatic rings. The smallest absolute Gasteiger partial charge is 0.337 e. The average Bonchev–Trinajstić information content (AvgIpc) is 3.12. The number of aryl methyl sites for hydroxylation is 2. The number of nitrogens with zero attached hydrogens (tertiary/aromatic N) is 2. The number of ether oxygens (including phenoxy) is 1. The first-order valence-electron chi connectivity index (χ1n) is 11.6. The van der Waals surface area contributed by atoms with Gasteiger partial charge < -0.3 is 19.0 Å². The van der Waals surface area contributed by atoms with Gasteiger partial charge in [0.25, 0.3) is 5.91 Å². The van der Waals surface area contributed by atoms with Crippen molar-refractivity contribution in [2.45, 2.75) is 33.7 Å². The van der Waals surface area contributed by atoms with Gasteiger partial charge in [-0.25, -0.2) is 4.79 Å². The Bertz CT molecular complexity index is 1310. The van der Waals surface area contributed by atoms with E-state index in [-0.39, 0.29) is 17.1 Å². The maximum atomic E-state index is 13.7. The standard InChI is InChI=1S/C27H30N2O5/c1-6-28(7-2)12-13-29-23(18-8-10-19(11-9-18)27(32)33-5)22-24(30)20-14-16(3)17(4)15-21(20)34-25(22)26(29)31/h8-11,14-15,23H,6-7,12-13H2,1-5H3. The summed E-state index contributed by atoms with van der Waals surface area (Å²) in [5.74, 6) is -0.632. The van der Waals surface area contributed by atoms with Gasteiger partial charge in [-0.15, -0.1) is 0 Å². The average molecular weight is 463 g/mol. The molecule has 1 amide bonds. The Morgan fingerprint density at radius 1 is 1.06 bits per heavy atom. The summed E-state index contributed by atoms with van der Waals surface area (Å²) in [4.78, 5) is 43.1. The maximum Gasteiger partial charge on any atom is 0.337 e. The van der Waals surface area contributed by atoms with E-state index >= 15 is 0 Å². The van der Waals surface area contributed by atoms with Crippen molar-refractivity contribution < 1.29 is 18.7 Å². The Morgan fingerprint density at radius 3 is 2.32 bits per heavy atom. The fourth-order valence-electron chi connectivity index (χ4n) is 4.56. The van der Waals surface area contributed by atoms with Crippen molar-refractivity contribution in [2.24, 2.45) is 0 Å². The van der Waals surface area contributed by atoms with Crippen LogP contribution in [-0.2, 0) is 4.74 Å². The van der Waals surface area contributed by atoms with E-state index in [1.165, 1.54) is 7.11 Å². The highest BCUT2D eigenvalue weighted by atomic mass is 16.5. The van der Waals surface area contributed by atoms with Gasteiger partial charge in [0.05, 0.1) is 29.7 Å². The van der Waals surface area contributed by atoms with Gasteiger partial charge in [0.2, 0.25) is 5.76 Å². The molecule has 1 aliphatic heterocycles. The minimum atomic E-state index is -0.591. The zero-order valence-electron chi connectivity index (χ0n) is 20.3. The maximum absolute atomic E-state index is 13.7. The minimum Gasteiger partial charge on any atom is -0.465 e. The van der Waals surface area contributed by atoms with E-state index in [0.29, 0.717) is 35.2 Å². The lowest BCUT2D eigenvalue weighted by molar-refractivity contribution is 0.0599. The van der Waals surface area contributed by atoms with Crippen LogP contribution < -0.4 is 5.43 Å². The van der Waals surface area contributed by atoms with Crippen LogP contribution in [0.15, 0.2) is 45.6 Å². The lowest BCUT2D eigenvalue weighted by Gasteiger charge is -2.28. The summed E-state index contributed by atoms with van der Waals surface area (Å²) in [5, 5.41) is 0.469. The Hall–Kier alpha value is -3.45. The fraction of sp³-hybridized carbons (Fsp3) is 0.370. The van der Waals surface area contributed by atoms with Gasteiger partial charge in [0.15, 0.2) is 5.43 Å². The molecule has 0 radical (unpaired) electrons. The topological polar surface area (TPSA) is 80.1 Å². The number of benzene rings is 2. The molecule has 7 nitrogen and oxygen atoms in total. The monoisotopic (exact) mass is 462 g/mol. The number of hydrogen-bond donors (Lipinski definition) is 0. The Balaban J connectivity index is 1.87. The number of likely N-dealkylation sites (N-methyl/N-ethyl adjacent to an activating group) is 1. The summed E-state index contributed by atoms with van der Waals surface area (Å²) in [6.45, 7) is 10.9. The number of hydrogen-bond acceptors (Lipinski definition) is 6. The second-order valence-corrected chi connectivity index (χ2v) is 8.65. The molecule has 7 heteroatoms. The molecule has 0 N–H and O–H groups in total. The van der Waals surface area contributed by atoms with Crippen molar-refractivity contribution in [3.05, 3.63) is 80.2 Å². The first-order chi connectivity index (χ1) is 16.3. The molecule has 34 heavy (non-hydrogen) atoms. The number of fused-ring (bicyclic) bond motifs is 2. The Labute approximate surface area is 198 Å². The van der Waals surface area contributed by atoms with Crippen LogP contribution in [0.25, 0.3) is 11.0 Å². The molecule has 0 bridgehead atoms. The zero-order valence-corrected chi connectivity index (χ0v) is 20.3. The van der Waals surface area contributed by atoms with Gasteiger partial charge in [-0.2, -0.15) is 0 Å². The Kier molecular flexibility index (Phi) is 6.57. The van der Waals surface area contributed by atoms with Crippen LogP contribution >= 0.6 is 0 Å². The SMILES string of the molecule is CCN(CC)CCN1C(=O)c2oc3cc(C)c(C)cc3c(=O)c2C1c1ccc(C(=O)OC)cc1. The van der Waals surface area contributed by atoms with Crippen LogP contribution in [0.5, 0.6) is 0 Å². The molecule has 2 aromatic carbocycles. The molecule has 0 spiro atoms. The van der Waals surface area contributed by atoms with Gasteiger partial charge in [-0.1, -0.05) is 26.0 Å². The zero-order chi connectivity index (χ0) is 24.6. The second kappa shape index (κ2) is 9.43. The third-order valence-corrected chi connectivity index (χ3v) is 6.78. The van der Waals surface area contributed by atoms with Crippen LogP contribution in [0.3, 0.4) is 0 Å². The van der Waals surface area contributed by atoms with Crippen molar-refractivity contribution in [2.75, 3.05) is 33.3 Å². The summed E-state index contributed by atoms with van der Waals surface area (Å²) < 4.78 is 10.9. The molecule has 0 saturated heterocycles. The predicted molar refractivity (Wildman–Crippen MR) is 130 cm³/mol. The van der Waals surface area contributed by atoms with Crippen molar-refractivity contribution in [1.29, 1.82) is 0 Å². The number of rotatable bonds is 7. The van der Waals surface area contributed by atoms with Gasteiger partial charge in [0, 0.05) is 13.1 Å². The third kappa shape index (κ3) is 4.01. The van der Waals surface area contributed by atoms with Crippen LogP contribution in [0.1, 0.15) is 63.1 Å². The summed E-state index contributed by atoms with van der Waals surface area (Å²) >= 11 is 0. The first-order valence-corrected chi connectivity index (χ1v) is 11.6. The summed E-state index contributed by atoms with van der Waals surface area (Å²) in [6, 6.07) is 9.91. The predicted octanol–water partition coefficient (Wildman–Crippen LogP) is 4.08. The van der Waals surface area contributed by atoms with E-state index in [9.17, 15) is 14.4 Å². The number of carbonyl (C=O) groups is 2. The molecule has 0 saturated carbocycles. The van der Waals surface area contributed by atoms with E-state index < -0.39 is 12.0 Å². The van der Waals surface area contributed by atoms with Crippen LogP contribution in [0.2, 0.25) is 0 Å². The normalized spacial score (nSPS) is 15.3. The first kappa shape index (κ1) is 23.7. The summed E-state index contributed by atoms with van der Waals surface area (Å²) in [6.07, 6.45) is 0. The van der Waals surface area contributed by atoms with Crippen molar-refractivity contribution in [1.82, 2.24) is 9.80 Å². The summed E-state index contributed by atoms with van der Waals surface area (Å²) in [5.41, 5.74) is 3.71. The fourth-order valence-corrected chi connectivity index (χ4v) is 4.56. The third-order valence-electron chi connectivity index (χ3n) is 6.78. The highest BCUT2D eigenvalue weighted by molar-refractivity contribution is 5.99. The van der Waals surface area contributed by atoms with Crippen molar-refractivity contribution >= 4 is 22.8 Å². The van der Waals surface area contributed by atoms with Crippen LogP contribution in [0, 0.1) is 13.8 Å². The minimum absolute atomic E-state index is 0.0994. The molecule has 1 unspecified atom stereocenters. The molecular formula is C27H30N2O5. The number of esters is 1. The largest absolute Gasteiger partial charge is 0.465 e. The van der Waals surface area contributed by atoms with Crippen LogP contribution in [0.4, 0.5) is 0 Å². The molecule has 178 valence electrons. The highest BCUT2D eigenvalue weighted by Crippen LogP contribution is 2.38. The van der Waals surface area contributed by atoms with Gasteiger partial charge in [0.1, 0.15) is 5.58 Å². The van der Waals surface area contributed by atoms with E-state index in [4.69, 9.17) is 9.15 Å². The van der Waals surface area contributed by atoms with E-state index in [0.717, 1.165) is 29.8 Å². The van der Waals surface area contributed by atoms with E-state index in [1.807, 2.05) is 26.0 Å². The van der Waals surface area contributed by atoms with E-state index in [1.54, 1.807) is 29.2 Å². The second-order valence-electron chi connectivity index (χ2n) is 8.65. The molecular weight excluding hydrogens is 432 g/mol. The Morgan fingerprint density at radius 2 is 1.71 bits per heavy atom. The lowest BCUT2D eigenvalue weighted by Crippen LogP contribution is -2.37. The highest BCUT2D eigenvalue weighted by Gasteiger charge is 2.42.